The van der Waals surface area contributed by atoms with Gasteiger partial charge in [0.25, 0.3) is 5.91 Å². The number of carbonyl (C=O) groups excluding carboxylic acids is 1. The molecule has 1 aliphatic heterocycles. The van der Waals surface area contributed by atoms with Gasteiger partial charge in [-0.25, -0.2) is 14.6 Å². The number of carbonyl (C=O) groups is 1. The van der Waals surface area contributed by atoms with Gasteiger partial charge in [0, 0.05) is 31.6 Å². The van der Waals surface area contributed by atoms with E-state index in [1.165, 1.54) is 12.8 Å². The fourth-order valence-electron chi connectivity index (χ4n) is 3.12. The Morgan fingerprint density at radius 1 is 1.25 bits per heavy atom. The Labute approximate surface area is 137 Å². The molecule has 0 bridgehead atoms. The molecule has 3 aromatic rings. The summed E-state index contributed by atoms with van der Waals surface area (Å²) in [6, 6.07) is 3.58. The third kappa shape index (κ3) is 2.17. The monoisotopic (exact) mass is 324 g/mol. The first-order valence-corrected chi connectivity index (χ1v) is 8.23. The molecule has 5 rings (SSSR count). The second kappa shape index (κ2) is 5.12. The average molecular weight is 324 g/mol. The minimum absolute atomic E-state index is 0.154. The SMILES string of the molecule is O=C(c1onc2ncccc12)N1CCc2nc(C3CC3)nn2CC1. The van der Waals surface area contributed by atoms with Crippen LogP contribution in [0.5, 0.6) is 0 Å². The van der Waals surface area contributed by atoms with E-state index in [4.69, 9.17) is 4.52 Å². The van der Waals surface area contributed by atoms with Gasteiger partial charge >= 0.3 is 0 Å². The van der Waals surface area contributed by atoms with E-state index in [1.807, 2.05) is 4.68 Å². The van der Waals surface area contributed by atoms with Gasteiger partial charge in [-0.2, -0.15) is 5.10 Å². The van der Waals surface area contributed by atoms with Gasteiger partial charge in [-0.05, 0) is 25.0 Å². The third-order valence-corrected chi connectivity index (χ3v) is 4.63. The van der Waals surface area contributed by atoms with Crippen LogP contribution in [0.1, 0.15) is 41.0 Å². The molecule has 0 atom stereocenters. The van der Waals surface area contributed by atoms with Gasteiger partial charge in [0.05, 0.1) is 11.9 Å². The van der Waals surface area contributed by atoms with E-state index in [0.29, 0.717) is 43.0 Å². The van der Waals surface area contributed by atoms with Gasteiger partial charge in [0.2, 0.25) is 11.4 Å². The van der Waals surface area contributed by atoms with Crippen LogP contribution in [-0.2, 0) is 13.0 Å². The predicted octanol–water partition coefficient (Wildman–Crippen LogP) is 1.39. The highest BCUT2D eigenvalue weighted by molar-refractivity contribution is 6.02. The topological polar surface area (TPSA) is 89.9 Å². The van der Waals surface area contributed by atoms with Crippen LogP contribution in [0.4, 0.5) is 0 Å². The largest absolute Gasteiger partial charge is 0.348 e. The Balaban J connectivity index is 1.38. The maximum atomic E-state index is 12.8. The lowest BCUT2D eigenvalue weighted by atomic mass is 10.2. The molecule has 8 nitrogen and oxygen atoms in total. The highest BCUT2D eigenvalue weighted by Crippen LogP contribution is 2.38. The molecule has 3 aromatic heterocycles. The van der Waals surface area contributed by atoms with Crippen LogP contribution in [-0.4, -0.2) is 48.8 Å². The first kappa shape index (κ1) is 13.6. The van der Waals surface area contributed by atoms with Gasteiger partial charge in [-0.1, -0.05) is 5.16 Å². The molecule has 0 aromatic carbocycles. The molecule has 0 saturated heterocycles. The Hall–Kier alpha value is -2.77. The van der Waals surface area contributed by atoms with E-state index in [9.17, 15) is 4.79 Å². The Kier molecular flexibility index (Phi) is 2.91. The number of rotatable bonds is 2. The predicted molar refractivity (Wildman–Crippen MR) is 83.4 cm³/mol. The molecule has 1 amide bonds. The molecule has 0 unspecified atom stereocenters. The summed E-state index contributed by atoms with van der Waals surface area (Å²) in [6.07, 6.45) is 4.73. The normalized spacial score (nSPS) is 17.8. The number of aromatic nitrogens is 5. The minimum Gasteiger partial charge on any atom is -0.348 e. The molecule has 24 heavy (non-hydrogen) atoms. The molecule has 0 radical (unpaired) electrons. The van der Waals surface area contributed by atoms with Crippen molar-refractivity contribution in [3.63, 3.8) is 0 Å². The lowest BCUT2D eigenvalue weighted by molar-refractivity contribution is 0.0719. The molecule has 2 aliphatic rings. The second-order valence-electron chi connectivity index (χ2n) is 6.31. The van der Waals surface area contributed by atoms with E-state index in [1.54, 1.807) is 23.2 Å². The number of hydrogen-bond donors (Lipinski definition) is 0. The van der Waals surface area contributed by atoms with E-state index in [-0.39, 0.29) is 11.7 Å². The van der Waals surface area contributed by atoms with Crippen molar-refractivity contribution in [2.75, 3.05) is 13.1 Å². The number of hydrogen-bond acceptors (Lipinski definition) is 6. The lowest BCUT2D eigenvalue weighted by Gasteiger charge is -2.18. The third-order valence-electron chi connectivity index (χ3n) is 4.63. The Bertz CT molecular complexity index is 900. The molecule has 8 heteroatoms. The van der Waals surface area contributed by atoms with Crippen molar-refractivity contribution >= 4 is 16.9 Å². The van der Waals surface area contributed by atoms with Crippen molar-refractivity contribution in [3.05, 3.63) is 35.7 Å². The van der Waals surface area contributed by atoms with Gasteiger partial charge in [0.1, 0.15) is 5.82 Å². The molecular weight excluding hydrogens is 308 g/mol. The van der Waals surface area contributed by atoms with E-state index in [2.05, 4.69) is 20.2 Å². The van der Waals surface area contributed by atoms with Crippen molar-refractivity contribution in [2.45, 2.75) is 31.7 Å². The number of amides is 1. The van der Waals surface area contributed by atoms with E-state index in [0.717, 1.165) is 11.6 Å². The number of fused-ring (bicyclic) bond motifs is 2. The van der Waals surface area contributed by atoms with Crippen LogP contribution in [0.25, 0.3) is 11.0 Å². The van der Waals surface area contributed by atoms with Gasteiger partial charge in [-0.3, -0.25) is 4.79 Å². The van der Waals surface area contributed by atoms with Crippen molar-refractivity contribution < 1.29 is 9.32 Å². The van der Waals surface area contributed by atoms with Crippen LogP contribution in [0.15, 0.2) is 22.9 Å². The number of pyridine rings is 1. The first-order chi connectivity index (χ1) is 11.8. The zero-order valence-electron chi connectivity index (χ0n) is 13.1. The molecule has 0 N–H and O–H groups in total. The average Bonchev–Trinajstić information content (AvgIpc) is 3.30. The zero-order valence-corrected chi connectivity index (χ0v) is 13.1. The lowest BCUT2D eigenvalue weighted by Crippen LogP contribution is -2.33. The fraction of sp³-hybridized carbons (Fsp3) is 0.438. The second-order valence-corrected chi connectivity index (χ2v) is 6.31. The van der Waals surface area contributed by atoms with Crippen LogP contribution < -0.4 is 0 Å². The molecule has 1 aliphatic carbocycles. The molecule has 1 fully saturated rings. The standard InChI is InChI=1S/C16H16N6O2/c23-16(13-11-2-1-6-17-15(11)20-24-13)21-7-5-12-18-14(10-3-4-10)19-22(12)9-8-21/h1-2,6,10H,3-5,7-9H2. The first-order valence-electron chi connectivity index (χ1n) is 8.23. The summed E-state index contributed by atoms with van der Waals surface area (Å²) in [4.78, 5) is 23.3. The summed E-state index contributed by atoms with van der Waals surface area (Å²) in [5, 5.41) is 9.11. The van der Waals surface area contributed by atoms with Crippen molar-refractivity contribution in [1.82, 2.24) is 29.8 Å². The summed E-state index contributed by atoms with van der Waals surface area (Å²) in [7, 11) is 0. The van der Waals surface area contributed by atoms with Crippen LogP contribution in [0.3, 0.4) is 0 Å². The smallest absolute Gasteiger partial charge is 0.293 e. The molecule has 4 heterocycles. The molecule has 1 saturated carbocycles. The molecular formula is C16H16N6O2. The summed E-state index contributed by atoms with van der Waals surface area (Å²) < 4.78 is 7.19. The number of nitrogens with zero attached hydrogens (tertiary/aromatic N) is 6. The fourth-order valence-corrected chi connectivity index (χ4v) is 3.12. The maximum Gasteiger partial charge on any atom is 0.293 e. The quantitative estimate of drug-likeness (QED) is 0.707. The van der Waals surface area contributed by atoms with Crippen LogP contribution in [0, 0.1) is 0 Å². The van der Waals surface area contributed by atoms with Crippen LogP contribution in [0.2, 0.25) is 0 Å². The Morgan fingerprint density at radius 2 is 2.17 bits per heavy atom. The molecule has 122 valence electrons. The zero-order chi connectivity index (χ0) is 16.1. The van der Waals surface area contributed by atoms with Crippen LogP contribution >= 0.6 is 0 Å². The van der Waals surface area contributed by atoms with E-state index < -0.39 is 0 Å². The van der Waals surface area contributed by atoms with Crippen molar-refractivity contribution in [3.8, 4) is 0 Å². The summed E-state index contributed by atoms with van der Waals surface area (Å²) in [5.74, 6) is 2.59. The van der Waals surface area contributed by atoms with Gasteiger partial charge in [0.15, 0.2) is 5.82 Å². The summed E-state index contributed by atoms with van der Waals surface area (Å²) in [5.41, 5.74) is 0.458. The van der Waals surface area contributed by atoms with Gasteiger partial charge in [-0.15, -0.1) is 0 Å². The van der Waals surface area contributed by atoms with Crippen molar-refractivity contribution in [1.29, 1.82) is 0 Å². The Morgan fingerprint density at radius 3 is 3.04 bits per heavy atom. The van der Waals surface area contributed by atoms with Gasteiger partial charge < -0.3 is 9.42 Å². The van der Waals surface area contributed by atoms with Crippen molar-refractivity contribution in [2.24, 2.45) is 0 Å². The van der Waals surface area contributed by atoms with E-state index >= 15 is 0 Å². The highest BCUT2D eigenvalue weighted by Gasteiger charge is 2.31. The molecule has 0 spiro atoms. The summed E-state index contributed by atoms with van der Waals surface area (Å²) >= 11 is 0. The maximum absolute atomic E-state index is 12.8. The summed E-state index contributed by atoms with van der Waals surface area (Å²) in [6.45, 7) is 1.84. The minimum atomic E-state index is -0.154. The highest BCUT2D eigenvalue weighted by atomic mass is 16.5.